The van der Waals surface area contributed by atoms with Crippen LogP contribution in [0.4, 0.5) is 0 Å². The van der Waals surface area contributed by atoms with Crippen LogP contribution in [0.3, 0.4) is 0 Å². The molecule has 232 valence electrons. The number of nitrogens with zero attached hydrogens (tertiary/aromatic N) is 4. The quantitative estimate of drug-likeness (QED) is 0.225. The number of thiazole rings is 1. The minimum Gasteiger partial charge on any atom is -0.391 e. The van der Waals surface area contributed by atoms with Gasteiger partial charge in [0.25, 0.3) is 5.91 Å². The van der Waals surface area contributed by atoms with E-state index in [-0.39, 0.29) is 25.4 Å². The Kier molecular flexibility index (Phi) is 10.7. The standard InChI is InChI=1S/C30H41N7O5S/c1-19-25(43-18-33-19)21-7-5-20(6-8-21)14-32-28(40)24-13-23(38)17-37(24)29(41)26(30(2,3)4)35-27(39)22-15-34-36(16-22)10-12-42-11-9-31/h5-8,15-16,18,23-24,26,38H,9-14,17,31H2,1-4H3,(H,32,40)(H,35,39)/t23-,24+,26-/m1/s1. The predicted molar refractivity (Wildman–Crippen MR) is 163 cm³/mol. The number of amides is 3. The largest absolute Gasteiger partial charge is 0.391 e. The molecule has 1 aromatic carbocycles. The van der Waals surface area contributed by atoms with Crippen molar-refractivity contribution in [2.24, 2.45) is 11.1 Å². The van der Waals surface area contributed by atoms with E-state index in [2.05, 4.69) is 20.7 Å². The molecule has 0 spiro atoms. The third-order valence-electron chi connectivity index (χ3n) is 7.30. The van der Waals surface area contributed by atoms with Crippen molar-refractivity contribution in [3.05, 3.63) is 59.0 Å². The van der Waals surface area contributed by atoms with Crippen LogP contribution in [-0.2, 0) is 27.4 Å². The van der Waals surface area contributed by atoms with Crippen molar-refractivity contribution < 1.29 is 24.2 Å². The first-order valence-electron chi connectivity index (χ1n) is 14.3. The van der Waals surface area contributed by atoms with E-state index in [0.29, 0.717) is 31.9 Å². The lowest BCUT2D eigenvalue weighted by atomic mass is 9.85. The van der Waals surface area contributed by atoms with Crippen LogP contribution in [0.25, 0.3) is 10.4 Å². The van der Waals surface area contributed by atoms with Gasteiger partial charge in [-0.05, 0) is 23.5 Å². The number of aryl methyl sites for hydroxylation is 1. The predicted octanol–water partition coefficient (Wildman–Crippen LogP) is 1.71. The molecule has 3 atom stereocenters. The number of aliphatic hydroxyl groups excluding tert-OH is 1. The Bertz CT molecular complexity index is 1400. The van der Waals surface area contributed by atoms with Gasteiger partial charge in [-0.1, -0.05) is 45.0 Å². The molecule has 0 saturated carbocycles. The molecule has 3 amide bonds. The summed E-state index contributed by atoms with van der Waals surface area (Å²) in [7, 11) is 0. The number of nitrogens with two attached hydrogens (primary N) is 1. The summed E-state index contributed by atoms with van der Waals surface area (Å²) in [6, 6.07) is 6.07. The van der Waals surface area contributed by atoms with Crippen molar-refractivity contribution in [1.29, 1.82) is 0 Å². The molecule has 1 aliphatic rings. The molecular weight excluding hydrogens is 570 g/mol. The summed E-state index contributed by atoms with van der Waals surface area (Å²) in [4.78, 5) is 47.1. The van der Waals surface area contributed by atoms with Gasteiger partial charge in [-0.25, -0.2) is 4.98 Å². The van der Waals surface area contributed by atoms with Crippen LogP contribution < -0.4 is 16.4 Å². The number of carbonyl (C=O) groups excluding carboxylic acids is 3. The van der Waals surface area contributed by atoms with Gasteiger partial charge in [-0.15, -0.1) is 11.3 Å². The third kappa shape index (κ3) is 8.25. The number of carbonyl (C=O) groups is 3. The number of aliphatic hydroxyl groups is 1. The maximum absolute atomic E-state index is 13.8. The second-order valence-corrected chi connectivity index (χ2v) is 12.6. The van der Waals surface area contributed by atoms with Gasteiger partial charge in [0, 0.05) is 32.3 Å². The number of hydrogen-bond donors (Lipinski definition) is 4. The van der Waals surface area contributed by atoms with Crippen LogP contribution in [0.15, 0.2) is 42.2 Å². The lowest BCUT2D eigenvalue weighted by Crippen LogP contribution is -2.57. The number of benzene rings is 1. The Morgan fingerprint density at radius 2 is 1.95 bits per heavy atom. The first-order valence-corrected chi connectivity index (χ1v) is 15.2. The molecule has 4 rings (SSSR count). The van der Waals surface area contributed by atoms with Gasteiger partial charge in [0.15, 0.2) is 0 Å². The first kappa shape index (κ1) is 32.3. The van der Waals surface area contributed by atoms with Crippen LogP contribution >= 0.6 is 11.3 Å². The number of aromatic nitrogens is 3. The van der Waals surface area contributed by atoms with Gasteiger partial charge in [-0.3, -0.25) is 19.1 Å². The smallest absolute Gasteiger partial charge is 0.255 e. The zero-order valence-corrected chi connectivity index (χ0v) is 25.9. The zero-order valence-electron chi connectivity index (χ0n) is 25.1. The molecule has 0 unspecified atom stereocenters. The molecule has 43 heavy (non-hydrogen) atoms. The third-order valence-corrected chi connectivity index (χ3v) is 8.28. The number of likely N-dealkylation sites (tertiary alicyclic amines) is 1. The SMILES string of the molecule is Cc1ncsc1-c1ccc(CNC(=O)[C@@H]2C[C@@H](O)CN2C(=O)[C@@H](NC(=O)c2cnn(CCOCCN)c2)C(C)(C)C)cc1. The average molecular weight is 612 g/mol. The van der Waals surface area contributed by atoms with E-state index in [0.717, 1.165) is 21.7 Å². The molecule has 2 aromatic heterocycles. The molecule has 0 aliphatic carbocycles. The maximum Gasteiger partial charge on any atom is 0.255 e. The molecule has 3 heterocycles. The fraction of sp³-hybridized carbons (Fsp3) is 0.500. The normalized spacial score (nSPS) is 17.6. The summed E-state index contributed by atoms with van der Waals surface area (Å²) in [6.07, 6.45) is 2.29. The molecule has 1 aliphatic heterocycles. The summed E-state index contributed by atoms with van der Waals surface area (Å²) >= 11 is 1.58. The molecule has 13 heteroatoms. The molecular formula is C30H41N7O5S. The second kappa shape index (κ2) is 14.2. The first-order chi connectivity index (χ1) is 20.5. The molecule has 3 aromatic rings. The molecule has 12 nitrogen and oxygen atoms in total. The van der Waals surface area contributed by atoms with Crippen LogP contribution in [0.2, 0.25) is 0 Å². The topological polar surface area (TPSA) is 165 Å². The average Bonchev–Trinajstić information content (AvgIpc) is 3.72. The van der Waals surface area contributed by atoms with E-state index < -0.39 is 35.4 Å². The number of ether oxygens (including phenoxy) is 1. The Morgan fingerprint density at radius 1 is 1.21 bits per heavy atom. The summed E-state index contributed by atoms with van der Waals surface area (Å²) in [5.41, 5.74) is 9.80. The summed E-state index contributed by atoms with van der Waals surface area (Å²) in [5.74, 6) is -1.24. The zero-order chi connectivity index (χ0) is 31.1. The second-order valence-electron chi connectivity index (χ2n) is 11.7. The van der Waals surface area contributed by atoms with Gasteiger partial charge in [0.1, 0.15) is 12.1 Å². The monoisotopic (exact) mass is 611 g/mol. The Labute approximate surface area is 255 Å². The van der Waals surface area contributed by atoms with E-state index in [9.17, 15) is 19.5 Å². The van der Waals surface area contributed by atoms with E-state index >= 15 is 0 Å². The van der Waals surface area contributed by atoms with Crippen LogP contribution in [-0.4, -0.2) is 87.0 Å². The highest BCUT2D eigenvalue weighted by Gasteiger charge is 2.44. The minimum absolute atomic E-state index is 0.00298. The van der Waals surface area contributed by atoms with Crippen LogP contribution in [0.5, 0.6) is 0 Å². The number of β-amino-alcohol motifs (C(OH)–C–C–N with tert-alkyl or cyclic N) is 1. The molecule has 5 N–H and O–H groups in total. The summed E-state index contributed by atoms with van der Waals surface area (Å²) < 4.78 is 6.95. The highest BCUT2D eigenvalue weighted by molar-refractivity contribution is 7.13. The maximum atomic E-state index is 13.8. The molecule has 1 fully saturated rings. The van der Waals surface area contributed by atoms with Gasteiger partial charge >= 0.3 is 0 Å². The van der Waals surface area contributed by atoms with Crippen molar-refractivity contribution in [3.8, 4) is 10.4 Å². The number of rotatable bonds is 12. The fourth-order valence-corrected chi connectivity index (χ4v) is 5.75. The minimum atomic E-state index is -0.945. The van der Waals surface area contributed by atoms with E-state index in [1.165, 1.54) is 11.1 Å². The van der Waals surface area contributed by atoms with Gasteiger partial charge < -0.3 is 31.1 Å². The van der Waals surface area contributed by atoms with Gasteiger partial charge in [0.05, 0.1) is 53.7 Å². The Hall–Kier alpha value is -3.65. The Morgan fingerprint density at radius 3 is 2.60 bits per heavy atom. The molecule has 0 bridgehead atoms. The van der Waals surface area contributed by atoms with E-state index in [1.54, 1.807) is 22.2 Å². The number of hydrogen-bond acceptors (Lipinski definition) is 9. The van der Waals surface area contributed by atoms with Gasteiger partial charge in [0.2, 0.25) is 11.8 Å². The van der Waals surface area contributed by atoms with Crippen molar-refractivity contribution in [3.63, 3.8) is 0 Å². The summed E-state index contributed by atoms with van der Waals surface area (Å²) in [5, 5.41) is 20.4. The molecule has 1 saturated heterocycles. The number of nitrogens with one attached hydrogen (secondary N) is 2. The lowest BCUT2D eigenvalue weighted by molar-refractivity contribution is -0.142. The Balaban J connectivity index is 1.39. The highest BCUT2D eigenvalue weighted by atomic mass is 32.1. The van der Waals surface area contributed by atoms with Crippen LogP contribution in [0, 0.1) is 12.3 Å². The highest BCUT2D eigenvalue weighted by Crippen LogP contribution is 2.28. The van der Waals surface area contributed by atoms with Crippen LogP contribution in [0.1, 0.15) is 48.8 Å². The van der Waals surface area contributed by atoms with Crippen molar-refractivity contribution in [2.75, 3.05) is 26.3 Å². The van der Waals surface area contributed by atoms with Crippen molar-refractivity contribution >= 4 is 29.1 Å². The van der Waals surface area contributed by atoms with E-state index in [4.69, 9.17) is 10.5 Å². The van der Waals surface area contributed by atoms with Crippen molar-refractivity contribution in [2.45, 2.75) is 65.4 Å². The van der Waals surface area contributed by atoms with Gasteiger partial charge in [-0.2, -0.15) is 5.10 Å². The fourth-order valence-electron chi connectivity index (χ4n) is 4.94. The molecule has 0 radical (unpaired) electrons. The summed E-state index contributed by atoms with van der Waals surface area (Å²) in [6.45, 7) is 9.49. The van der Waals surface area contributed by atoms with E-state index in [1.807, 2.05) is 57.5 Å². The lowest BCUT2D eigenvalue weighted by Gasteiger charge is -2.35. The van der Waals surface area contributed by atoms with Crippen molar-refractivity contribution in [1.82, 2.24) is 30.3 Å².